The highest BCUT2D eigenvalue weighted by Crippen LogP contribution is 2.29. The molecule has 1 aromatic rings. The highest BCUT2D eigenvalue weighted by atomic mass is 19.1. The van der Waals surface area contributed by atoms with E-state index in [4.69, 9.17) is 0 Å². The number of nitrogens with one attached hydrogen (secondary N) is 1. The molecule has 1 fully saturated rings. The van der Waals surface area contributed by atoms with E-state index in [0.29, 0.717) is 12.5 Å². The Kier molecular flexibility index (Phi) is 5.97. The summed E-state index contributed by atoms with van der Waals surface area (Å²) in [6, 6.07) is 1.62. The van der Waals surface area contributed by atoms with Crippen LogP contribution in [-0.4, -0.2) is 24.6 Å². The van der Waals surface area contributed by atoms with Crippen molar-refractivity contribution in [3.05, 3.63) is 23.6 Å². The second-order valence-corrected chi connectivity index (χ2v) is 6.50. The number of hydrogen-bond acceptors (Lipinski definition) is 3. The van der Waals surface area contributed by atoms with Gasteiger partial charge in [-0.3, -0.25) is 0 Å². The van der Waals surface area contributed by atoms with Crippen molar-refractivity contribution in [2.75, 3.05) is 24.5 Å². The molecule has 4 heteroatoms. The first-order valence-corrected chi connectivity index (χ1v) is 8.20. The fourth-order valence-electron chi connectivity index (χ4n) is 2.74. The maximum absolute atomic E-state index is 13.5. The van der Waals surface area contributed by atoms with Gasteiger partial charge < -0.3 is 10.2 Å². The van der Waals surface area contributed by atoms with Crippen LogP contribution in [0.5, 0.6) is 0 Å². The van der Waals surface area contributed by atoms with Crippen molar-refractivity contribution < 1.29 is 4.39 Å². The quantitative estimate of drug-likeness (QED) is 0.794. The van der Waals surface area contributed by atoms with E-state index >= 15 is 0 Å². The Bertz CT molecular complexity index is 444. The van der Waals surface area contributed by atoms with Crippen molar-refractivity contribution in [2.45, 2.75) is 46.6 Å². The first-order chi connectivity index (χ1) is 10.1. The molecule has 21 heavy (non-hydrogen) atoms. The van der Waals surface area contributed by atoms with Crippen LogP contribution in [0.2, 0.25) is 0 Å². The predicted molar refractivity (Wildman–Crippen MR) is 86.0 cm³/mol. The summed E-state index contributed by atoms with van der Waals surface area (Å²) in [5.74, 6) is 2.07. The smallest absolute Gasteiger partial charge is 0.141 e. The second-order valence-electron chi connectivity index (χ2n) is 6.50. The summed E-state index contributed by atoms with van der Waals surface area (Å²) in [5, 5.41) is 3.40. The van der Waals surface area contributed by atoms with Gasteiger partial charge in [0, 0.05) is 25.2 Å². The summed E-state index contributed by atoms with van der Waals surface area (Å²) >= 11 is 0. The molecule has 1 aliphatic rings. The molecule has 0 saturated heterocycles. The Morgan fingerprint density at radius 3 is 2.76 bits per heavy atom. The van der Waals surface area contributed by atoms with Crippen LogP contribution in [0.25, 0.3) is 0 Å². The number of hydrogen-bond donors (Lipinski definition) is 1. The van der Waals surface area contributed by atoms with Crippen molar-refractivity contribution in [1.29, 1.82) is 0 Å². The van der Waals surface area contributed by atoms with Crippen LogP contribution >= 0.6 is 0 Å². The third-order valence-corrected chi connectivity index (χ3v) is 4.16. The lowest BCUT2D eigenvalue weighted by atomic mass is 9.85. The fourth-order valence-corrected chi connectivity index (χ4v) is 2.74. The molecule has 1 aliphatic carbocycles. The van der Waals surface area contributed by atoms with Gasteiger partial charge in [0.05, 0.1) is 6.20 Å². The molecule has 0 aliphatic heterocycles. The van der Waals surface area contributed by atoms with Crippen LogP contribution in [0.3, 0.4) is 0 Å². The molecular weight excluding hydrogens is 265 g/mol. The zero-order valence-electron chi connectivity index (χ0n) is 13.5. The standard InChI is InChI=1S/C17H28FN3/c1-4-21(12-14-6-5-7-14)17-15(8-16(18)11-20-17)10-19-9-13(2)3/h8,11,13-14,19H,4-7,9-10,12H2,1-3H3. The minimum atomic E-state index is -0.250. The Hall–Kier alpha value is -1.16. The van der Waals surface area contributed by atoms with Gasteiger partial charge in [-0.05, 0) is 44.2 Å². The lowest BCUT2D eigenvalue weighted by molar-refractivity contribution is 0.318. The Balaban J connectivity index is 2.07. The number of nitrogens with zero attached hydrogens (tertiary/aromatic N) is 2. The van der Waals surface area contributed by atoms with Gasteiger partial charge in [-0.1, -0.05) is 20.3 Å². The lowest BCUT2D eigenvalue weighted by Crippen LogP contribution is -2.34. The van der Waals surface area contributed by atoms with Crippen molar-refractivity contribution in [1.82, 2.24) is 10.3 Å². The molecule has 0 atom stereocenters. The van der Waals surface area contributed by atoms with E-state index in [-0.39, 0.29) is 5.82 Å². The van der Waals surface area contributed by atoms with Crippen LogP contribution in [0, 0.1) is 17.7 Å². The van der Waals surface area contributed by atoms with Gasteiger partial charge in [0.2, 0.25) is 0 Å². The number of halogens is 1. The number of anilines is 1. The van der Waals surface area contributed by atoms with Gasteiger partial charge in [0.1, 0.15) is 11.6 Å². The lowest BCUT2D eigenvalue weighted by Gasteiger charge is -2.33. The predicted octanol–water partition coefficient (Wildman–Crippen LogP) is 3.59. The van der Waals surface area contributed by atoms with Crippen molar-refractivity contribution >= 4 is 5.82 Å². The highest BCUT2D eigenvalue weighted by Gasteiger charge is 2.22. The van der Waals surface area contributed by atoms with Gasteiger partial charge in [0.25, 0.3) is 0 Å². The summed E-state index contributed by atoms with van der Waals surface area (Å²) in [7, 11) is 0. The summed E-state index contributed by atoms with van der Waals surface area (Å²) in [6.07, 6.45) is 5.32. The van der Waals surface area contributed by atoms with Gasteiger partial charge in [-0.15, -0.1) is 0 Å². The van der Waals surface area contributed by atoms with Crippen LogP contribution in [-0.2, 0) is 6.54 Å². The van der Waals surface area contributed by atoms with E-state index in [9.17, 15) is 4.39 Å². The van der Waals surface area contributed by atoms with Crippen LogP contribution in [0.15, 0.2) is 12.3 Å². The van der Waals surface area contributed by atoms with Crippen LogP contribution < -0.4 is 10.2 Å². The SMILES string of the molecule is CCN(CC1CCC1)c1ncc(F)cc1CNCC(C)C. The van der Waals surface area contributed by atoms with Gasteiger partial charge in [-0.2, -0.15) is 0 Å². The maximum atomic E-state index is 13.5. The Morgan fingerprint density at radius 2 is 2.19 bits per heavy atom. The number of pyridine rings is 1. The molecule has 0 bridgehead atoms. The van der Waals surface area contributed by atoms with Crippen molar-refractivity contribution in [3.63, 3.8) is 0 Å². The first-order valence-electron chi connectivity index (χ1n) is 8.20. The fraction of sp³-hybridized carbons (Fsp3) is 0.706. The van der Waals surface area contributed by atoms with E-state index in [1.165, 1.54) is 25.5 Å². The molecule has 0 spiro atoms. The van der Waals surface area contributed by atoms with Gasteiger partial charge in [0.15, 0.2) is 0 Å². The molecular formula is C17H28FN3. The maximum Gasteiger partial charge on any atom is 0.141 e. The molecule has 1 N–H and O–H groups in total. The molecule has 1 aromatic heterocycles. The third-order valence-electron chi connectivity index (χ3n) is 4.16. The molecule has 0 amide bonds. The van der Waals surface area contributed by atoms with E-state index in [2.05, 4.69) is 36.0 Å². The molecule has 1 saturated carbocycles. The van der Waals surface area contributed by atoms with Crippen molar-refractivity contribution in [2.24, 2.45) is 11.8 Å². The minimum Gasteiger partial charge on any atom is -0.356 e. The Morgan fingerprint density at radius 1 is 1.43 bits per heavy atom. The first kappa shape index (κ1) is 16.2. The molecule has 1 heterocycles. The summed E-state index contributed by atoms with van der Waals surface area (Å²) in [4.78, 5) is 6.67. The van der Waals surface area contributed by atoms with E-state index in [1.54, 1.807) is 6.07 Å². The van der Waals surface area contributed by atoms with Crippen LogP contribution in [0.4, 0.5) is 10.2 Å². The summed E-state index contributed by atoms with van der Waals surface area (Å²) in [6.45, 7) is 10.1. The van der Waals surface area contributed by atoms with Crippen molar-refractivity contribution in [3.8, 4) is 0 Å². The zero-order chi connectivity index (χ0) is 15.2. The summed E-state index contributed by atoms with van der Waals surface area (Å²) in [5.41, 5.74) is 0.969. The summed E-state index contributed by atoms with van der Waals surface area (Å²) < 4.78 is 13.5. The van der Waals surface area contributed by atoms with E-state index < -0.39 is 0 Å². The molecule has 0 radical (unpaired) electrons. The average Bonchev–Trinajstić information content (AvgIpc) is 2.39. The zero-order valence-corrected chi connectivity index (χ0v) is 13.5. The average molecular weight is 293 g/mol. The van der Waals surface area contributed by atoms with Gasteiger partial charge in [-0.25, -0.2) is 9.37 Å². The second kappa shape index (κ2) is 7.74. The molecule has 0 unspecified atom stereocenters. The third kappa shape index (κ3) is 4.67. The topological polar surface area (TPSA) is 28.2 Å². The van der Waals surface area contributed by atoms with E-state index in [0.717, 1.165) is 36.9 Å². The molecule has 2 rings (SSSR count). The molecule has 118 valence electrons. The Labute approximate surface area is 127 Å². The number of rotatable bonds is 8. The minimum absolute atomic E-state index is 0.250. The largest absolute Gasteiger partial charge is 0.356 e. The number of aromatic nitrogens is 1. The molecule has 3 nitrogen and oxygen atoms in total. The van der Waals surface area contributed by atoms with Crippen LogP contribution in [0.1, 0.15) is 45.6 Å². The van der Waals surface area contributed by atoms with E-state index in [1.807, 2.05) is 0 Å². The highest BCUT2D eigenvalue weighted by molar-refractivity contribution is 5.47. The van der Waals surface area contributed by atoms with Gasteiger partial charge >= 0.3 is 0 Å². The molecule has 0 aromatic carbocycles. The normalized spacial score (nSPS) is 15.3. The monoisotopic (exact) mass is 293 g/mol.